The number of halogens is 28. The van der Waals surface area contributed by atoms with Gasteiger partial charge >= 0.3 is 0 Å². The number of benzene rings is 12. The van der Waals surface area contributed by atoms with Gasteiger partial charge in [-0.25, -0.2) is 105 Å². The van der Waals surface area contributed by atoms with E-state index in [4.69, 9.17) is 9.47 Å². The zero-order chi connectivity index (χ0) is 78.2. The summed E-state index contributed by atoms with van der Waals surface area (Å²) in [5, 5.41) is 20.4. The van der Waals surface area contributed by atoms with Crippen LogP contribution in [0, 0.1) is 163 Å². The minimum absolute atomic E-state index is 0.0462. The molecule has 0 saturated heterocycles. The van der Waals surface area contributed by atoms with Crippen LogP contribution in [0.3, 0.4) is 0 Å². The summed E-state index contributed by atoms with van der Waals surface area (Å²) in [6, 6.07) is 37.1. The predicted molar refractivity (Wildman–Crippen MR) is 328 cm³/mol. The van der Waals surface area contributed by atoms with Crippen molar-refractivity contribution in [2.24, 2.45) is 0 Å². The maximum absolute atomic E-state index is 15.7. The van der Waals surface area contributed by atoms with E-state index in [-0.39, 0.29) is 22.6 Å². The number of hydrogen-bond donors (Lipinski definition) is 2. The molecular formula is C72H26F28O4S3. The van der Waals surface area contributed by atoms with Crippen LogP contribution in [0.25, 0.3) is 44.5 Å². The quantitative estimate of drug-likeness (QED) is 0.0487. The molecule has 0 unspecified atom stereocenters. The number of ether oxygens (including phenoxy) is 2. The number of hydrogen-bond acceptors (Lipinski definition) is 7. The Bertz CT molecular complexity index is 5000. The normalized spacial score (nSPS) is 11.2. The van der Waals surface area contributed by atoms with E-state index in [0.29, 0.717) is 11.1 Å². The summed E-state index contributed by atoms with van der Waals surface area (Å²) in [5.74, 6) is -75.2. The third kappa shape index (κ3) is 15.1. The van der Waals surface area contributed by atoms with E-state index < -0.39 is 262 Å². The SMILES string of the molecule is Fc1c(F)c(F)c(Sc2c(F)c(F)c(F)c(F)c2F)c(F)c1F.Fc1c(F)c(F)c(Sc2c(F)c(F)c(Oc3cc(-c4ccccc4)c(Oc4c(F)c(F)c(Sc5c(F)c(F)c(F)c(F)c5F)c(F)c4F)cc3-c3ccccc3)c(F)c2F)c(F)c1F.Oc1cc(-c2ccccc2)c(O)cc1-c1ccccc1. The molecule has 0 aliphatic carbocycles. The van der Waals surface area contributed by atoms with E-state index in [9.17, 15) is 98.0 Å². The van der Waals surface area contributed by atoms with E-state index in [1.807, 2.05) is 60.7 Å². The molecule has 2 N–H and O–H groups in total. The molecule has 0 fully saturated rings. The maximum Gasteiger partial charge on any atom is 0.205 e. The lowest BCUT2D eigenvalue weighted by Gasteiger charge is -2.20. The molecule has 0 atom stereocenters. The molecule has 0 aromatic heterocycles. The highest BCUT2D eigenvalue weighted by Gasteiger charge is 2.37. The van der Waals surface area contributed by atoms with Crippen LogP contribution in [0.15, 0.2) is 175 Å². The molecule has 107 heavy (non-hydrogen) atoms. The molecule has 12 rings (SSSR count). The Morgan fingerprint density at radius 2 is 0.346 bits per heavy atom. The third-order valence-electron chi connectivity index (χ3n) is 14.6. The first-order valence-corrected chi connectivity index (χ1v) is 31.2. The average molecular weight is 1580 g/mol. The van der Waals surface area contributed by atoms with Crippen molar-refractivity contribution in [2.45, 2.75) is 29.4 Å². The molecular weight excluding hydrogens is 1560 g/mol. The van der Waals surface area contributed by atoms with Gasteiger partial charge in [0.15, 0.2) is 116 Å². The van der Waals surface area contributed by atoms with E-state index in [0.717, 1.165) is 23.3 Å². The summed E-state index contributed by atoms with van der Waals surface area (Å²) in [6.07, 6.45) is 0. The second-order valence-electron chi connectivity index (χ2n) is 21.1. The lowest BCUT2D eigenvalue weighted by Crippen LogP contribution is -2.07. The fourth-order valence-corrected chi connectivity index (χ4v) is 12.2. The molecule has 0 radical (unpaired) electrons. The van der Waals surface area contributed by atoms with Crippen molar-refractivity contribution in [2.75, 3.05) is 0 Å². The van der Waals surface area contributed by atoms with Crippen LogP contribution in [0.2, 0.25) is 0 Å². The lowest BCUT2D eigenvalue weighted by atomic mass is 9.97. The first-order valence-electron chi connectivity index (χ1n) is 28.7. The summed E-state index contributed by atoms with van der Waals surface area (Å²) in [7, 11) is 0. The number of phenolic OH excluding ortho intramolecular Hbond substituents is 2. The van der Waals surface area contributed by atoms with Crippen LogP contribution in [0.5, 0.6) is 34.5 Å². The van der Waals surface area contributed by atoms with Gasteiger partial charge in [0.2, 0.25) is 58.0 Å². The Labute approximate surface area is 592 Å². The van der Waals surface area contributed by atoms with Crippen molar-refractivity contribution in [1.29, 1.82) is 0 Å². The number of phenols is 2. The van der Waals surface area contributed by atoms with Crippen molar-refractivity contribution in [1.82, 2.24) is 0 Å². The minimum Gasteiger partial charge on any atom is -0.507 e. The molecule has 12 aromatic rings. The second kappa shape index (κ2) is 31.9. The summed E-state index contributed by atoms with van der Waals surface area (Å²) < 4.78 is 406. The molecule has 0 bridgehead atoms. The van der Waals surface area contributed by atoms with E-state index in [1.54, 1.807) is 12.1 Å². The van der Waals surface area contributed by atoms with E-state index in [2.05, 4.69) is 0 Å². The van der Waals surface area contributed by atoms with E-state index >= 15 is 35.1 Å². The van der Waals surface area contributed by atoms with Gasteiger partial charge in [-0.1, -0.05) is 157 Å². The molecule has 0 saturated carbocycles. The fraction of sp³-hybridized carbons (Fsp3) is 0. The lowest BCUT2D eigenvalue weighted by molar-refractivity contribution is 0.348. The summed E-state index contributed by atoms with van der Waals surface area (Å²) >= 11 is -2.64. The molecule has 0 amide bonds. The molecule has 0 heterocycles. The number of aromatic hydroxyl groups is 2. The Morgan fingerprint density at radius 3 is 0.533 bits per heavy atom. The maximum atomic E-state index is 15.7. The van der Waals surface area contributed by atoms with Crippen LogP contribution in [0.4, 0.5) is 123 Å². The Balaban J connectivity index is 0.000000228. The summed E-state index contributed by atoms with van der Waals surface area (Å²) in [5.41, 5.74) is 2.04. The summed E-state index contributed by atoms with van der Waals surface area (Å²) in [4.78, 5) is -11.4. The first-order chi connectivity index (χ1) is 50.6. The van der Waals surface area contributed by atoms with Gasteiger partial charge in [0.1, 0.15) is 23.0 Å². The Morgan fingerprint density at radius 1 is 0.187 bits per heavy atom. The van der Waals surface area contributed by atoms with Crippen molar-refractivity contribution < 1.29 is 143 Å². The van der Waals surface area contributed by atoms with Crippen molar-refractivity contribution in [3.8, 4) is 79.0 Å². The Hall–Kier alpha value is -11.1. The van der Waals surface area contributed by atoms with Gasteiger partial charge in [-0.3, -0.25) is 0 Å². The third-order valence-corrected chi connectivity index (χ3v) is 18.0. The number of rotatable bonds is 14. The van der Waals surface area contributed by atoms with Gasteiger partial charge in [0.05, 0.1) is 29.4 Å². The van der Waals surface area contributed by atoms with Gasteiger partial charge in [-0.15, -0.1) is 0 Å². The Kier molecular flexibility index (Phi) is 23.4. The zero-order valence-corrected chi connectivity index (χ0v) is 53.8. The fourth-order valence-electron chi connectivity index (χ4n) is 9.45. The molecule has 0 spiro atoms. The average Bonchev–Trinajstić information content (AvgIpc) is 0.776. The van der Waals surface area contributed by atoms with Crippen molar-refractivity contribution in [3.05, 3.63) is 308 Å². The van der Waals surface area contributed by atoms with Crippen molar-refractivity contribution >= 4 is 35.3 Å². The largest absolute Gasteiger partial charge is 0.507 e. The predicted octanol–water partition coefficient (Wildman–Crippen LogP) is 25.1. The molecule has 552 valence electrons. The highest BCUT2D eigenvalue weighted by molar-refractivity contribution is 8.00. The summed E-state index contributed by atoms with van der Waals surface area (Å²) in [6.45, 7) is 0. The highest BCUT2D eigenvalue weighted by atomic mass is 32.2. The first kappa shape index (κ1) is 78.5. The highest BCUT2D eigenvalue weighted by Crippen LogP contribution is 2.51. The van der Waals surface area contributed by atoms with Gasteiger partial charge < -0.3 is 19.7 Å². The monoisotopic (exact) mass is 1580 g/mol. The van der Waals surface area contributed by atoms with Gasteiger partial charge in [0, 0.05) is 22.3 Å². The van der Waals surface area contributed by atoms with Crippen LogP contribution in [-0.4, -0.2) is 10.2 Å². The van der Waals surface area contributed by atoms with Gasteiger partial charge in [-0.05, 0) is 46.5 Å². The molecule has 12 aromatic carbocycles. The van der Waals surface area contributed by atoms with Gasteiger partial charge in [-0.2, -0.15) is 17.6 Å². The van der Waals surface area contributed by atoms with Crippen LogP contribution in [0.1, 0.15) is 0 Å². The second-order valence-corrected chi connectivity index (χ2v) is 24.2. The topological polar surface area (TPSA) is 58.9 Å². The van der Waals surface area contributed by atoms with Crippen molar-refractivity contribution in [3.63, 3.8) is 0 Å². The standard InChI is InChI=1S/C42H12F18O2S2.C18H14O2.C12F10S/c43-19-21(45)29(53)39(30(54)22(19)46)63-41-33(57)25(49)37(26(50)34(41)58)61-17-12-16(14-9-5-2-6-10-14)18(11-15(17)13-7-3-1-4-8-13)62-38-27(51)35(59)42(36(60)28(38)52)64-40-31(55)23(47)20(44)24(48)32(40)56;19-17-12-16(14-9-5-2-6-10-14)18(20)11-15(17)13-7-3-1-4-8-13;13-1-3(15)7(19)11(8(20)4(1)16)23-12-9(21)5(17)2(14)6(18)10(12)22/h1-12H;1-12,19-20H;. The van der Waals surface area contributed by atoms with Crippen LogP contribution >= 0.6 is 35.3 Å². The zero-order valence-electron chi connectivity index (χ0n) is 51.4. The van der Waals surface area contributed by atoms with E-state index in [1.165, 1.54) is 60.7 Å². The van der Waals surface area contributed by atoms with Crippen LogP contribution in [-0.2, 0) is 0 Å². The molecule has 0 aliphatic rings. The smallest absolute Gasteiger partial charge is 0.205 e. The van der Waals surface area contributed by atoms with Gasteiger partial charge in [0.25, 0.3) is 0 Å². The molecule has 4 nitrogen and oxygen atoms in total. The molecule has 35 heteroatoms. The minimum atomic E-state index is -2.65. The van der Waals surface area contributed by atoms with Crippen LogP contribution < -0.4 is 9.47 Å². The molecule has 0 aliphatic heterocycles.